The van der Waals surface area contributed by atoms with Crippen LogP contribution in [0.15, 0.2) is 15.2 Å². The molecule has 124 valence electrons. The van der Waals surface area contributed by atoms with Crippen LogP contribution < -0.4 is 4.90 Å². The molecule has 2 aromatic heterocycles. The first kappa shape index (κ1) is 15.5. The molecule has 0 aromatic carbocycles. The van der Waals surface area contributed by atoms with Crippen LogP contribution in [0.2, 0.25) is 0 Å². The summed E-state index contributed by atoms with van der Waals surface area (Å²) in [7, 11) is 0. The molecule has 0 amide bonds. The van der Waals surface area contributed by atoms with Crippen molar-refractivity contribution in [2.75, 3.05) is 18.0 Å². The van der Waals surface area contributed by atoms with E-state index in [0.29, 0.717) is 24.4 Å². The second-order valence-electron chi connectivity index (χ2n) is 6.25. The predicted octanol–water partition coefficient (Wildman–Crippen LogP) is 2.34. The van der Waals surface area contributed by atoms with Gasteiger partial charge in [-0.1, -0.05) is 19.0 Å². The van der Waals surface area contributed by atoms with E-state index in [2.05, 4.69) is 29.0 Å². The van der Waals surface area contributed by atoms with Gasteiger partial charge in [0.2, 0.25) is 5.89 Å². The Bertz CT molecular complexity index is 679. The van der Waals surface area contributed by atoms with E-state index in [4.69, 9.17) is 14.0 Å². The second kappa shape index (κ2) is 6.39. The van der Waals surface area contributed by atoms with Gasteiger partial charge in [-0.25, -0.2) is 4.79 Å². The first-order chi connectivity index (χ1) is 11.0. The molecule has 23 heavy (non-hydrogen) atoms. The summed E-state index contributed by atoms with van der Waals surface area (Å²) in [5.41, 5.74) is -0.0841. The number of hydrogen-bond acceptors (Lipinski definition) is 7. The molecule has 3 heterocycles. The number of carbonyl (C=O) groups is 1. The first-order valence-electron chi connectivity index (χ1n) is 7.79. The molecule has 1 aliphatic rings. The van der Waals surface area contributed by atoms with Crippen LogP contribution in [0.1, 0.15) is 54.8 Å². The zero-order valence-corrected chi connectivity index (χ0v) is 13.2. The lowest BCUT2D eigenvalue weighted by atomic mass is 9.98. The van der Waals surface area contributed by atoms with Crippen LogP contribution in [0, 0.1) is 5.92 Å². The number of rotatable bonds is 5. The van der Waals surface area contributed by atoms with Gasteiger partial charge in [-0.3, -0.25) is 0 Å². The average Bonchev–Trinajstić information content (AvgIpc) is 3.16. The highest BCUT2D eigenvalue weighted by atomic mass is 16.5. The molecule has 1 atom stereocenters. The molecule has 1 aliphatic heterocycles. The Hall–Kier alpha value is -2.38. The smallest absolute Gasteiger partial charge is 0.357 e. The summed E-state index contributed by atoms with van der Waals surface area (Å²) in [5.74, 6) is 0.859. The molecule has 0 spiro atoms. The molecule has 8 heteroatoms. The fourth-order valence-electron chi connectivity index (χ4n) is 2.74. The van der Waals surface area contributed by atoms with Crippen molar-refractivity contribution in [2.24, 2.45) is 5.92 Å². The van der Waals surface area contributed by atoms with Gasteiger partial charge in [-0.15, -0.1) is 0 Å². The van der Waals surface area contributed by atoms with Gasteiger partial charge in [0.05, 0.1) is 5.92 Å². The highest BCUT2D eigenvalue weighted by molar-refractivity contribution is 5.85. The topological polar surface area (TPSA) is 105 Å². The molecular weight excluding hydrogens is 300 g/mol. The van der Waals surface area contributed by atoms with Gasteiger partial charge in [-0.05, 0) is 18.8 Å². The van der Waals surface area contributed by atoms with Crippen LogP contribution >= 0.6 is 0 Å². The summed E-state index contributed by atoms with van der Waals surface area (Å²) in [6.07, 6.45) is 3.83. The number of oxazole rings is 1. The number of carboxylic acid groups (broad SMARTS) is 1. The molecule has 8 nitrogen and oxygen atoms in total. The minimum absolute atomic E-state index is 0.0841. The van der Waals surface area contributed by atoms with Crippen LogP contribution in [-0.2, 0) is 6.42 Å². The number of nitrogens with zero attached hydrogens (tertiary/aromatic N) is 4. The Labute approximate surface area is 133 Å². The quantitative estimate of drug-likeness (QED) is 0.894. The molecule has 1 N–H and O–H groups in total. The van der Waals surface area contributed by atoms with Crippen molar-refractivity contribution in [3.05, 3.63) is 23.7 Å². The van der Waals surface area contributed by atoms with Gasteiger partial charge < -0.3 is 18.9 Å². The minimum atomic E-state index is -1.09. The molecule has 0 saturated carbocycles. The molecular formula is C15H20N4O4. The van der Waals surface area contributed by atoms with Crippen molar-refractivity contribution < 1.29 is 18.8 Å². The highest BCUT2D eigenvalue weighted by Crippen LogP contribution is 2.29. The minimum Gasteiger partial charge on any atom is -0.476 e. The van der Waals surface area contributed by atoms with E-state index in [1.54, 1.807) is 0 Å². The van der Waals surface area contributed by atoms with Crippen LogP contribution in [0.3, 0.4) is 0 Å². The Balaban J connectivity index is 1.70. The predicted molar refractivity (Wildman–Crippen MR) is 80.5 cm³/mol. The lowest BCUT2D eigenvalue weighted by molar-refractivity contribution is 0.0690. The molecule has 3 rings (SSSR count). The number of hydrogen-bond donors (Lipinski definition) is 1. The molecule has 0 aliphatic carbocycles. The fourth-order valence-corrected chi connectivity index (χ4v) is 2.74. The van der Waals surface area contributed by atoms with E-state index in [1.165, 1.54) is 0 Å². The normalized spacial score (nSPS) is 18.6. The third-order valence-electron chi connectivity index (χ3n) is 3.83. The molecule has 1 fully saturated rings. The Morgan fingerprint density at radius 2 is 2.30 bits per heavy atom. The van der Waals surface area contributed by atoms with Gasteiger partial charge >= 0.3 is 5.97 Å². The van der Waals surface area contributed by atoms with E-state index in [0.717, 1.165) is 37.9 Å². The van der Waals surface area contributed by atoms with Gasteiger partial charge in [-0.2, -0.15) is 9.97 Å². The summed E-state index contributed by atoms with van der Waals surface area (Å²) < 4.78 is 10.7. The van der Waals surface area contributed by atoms with Crippen molar-refractivity contribution in [2.45, 2.75) is 39.0 Å². The zero-order valence-electron chi connectivity index (χ0n) is 13.2. The maximum absolute atomic E-state index is 10.9. The van der Waals surface area contributed by atoms with Gasteiger partial charge in [0.15, 0.2) is 11.5 Å². The van der Waals surface area contributed by atoms with Crippen molar-refractivity contribution >= 4 is 12.0 Å². The largest absolute Gasteiger partial charge is 0.476 e. The molecule has 0 bridgehead atoms. The van der Waals surface area contributed by atoms with Crippen LogP contribution in [-0.4, -0.2) is 39.3 Å². The van der Waals surface area contributed by atoms with Crippen molar-refractivity contribution in [3.8, 4) is 0 Å². The van der Waals surface area contributed by atoms with Crippen molar-refractivity contribution in [3.63, 3.8) is 0 Å². The lowest BCUT2D eigenvalue weighted by Gasteiger charge is -2.29. The summed E-state index contributed by atoms with van der Waals surface area (Å²) in [4.78, 5) is 21.3. The highest BCUT2D eigenvalue weighted by Gasteiger charge is 2.28. The molecule has 0 radical (unpaired) electrons. The van der Waals surface area contributed by atoms with E-state index in [-0.39, 0.29) is 11.6 Å². The molecule has 1 saturated heterocycles. The third-order valence-corrected chi connectivity index (χ3v) is 3.83. The zero-order chi connectivity index (χ0) is 16.4. The summed E-state index contributed by atoms with van der Waals surface area (Å²) in [6.45, 7) is 5.62. The van der Waals surface area contributed by atoms with Gasteiger partial charge in [0, 0.05) is 19.5 Å². The van der Waals surface area contributed by atoms with E-state index in [9.17, 15) is 4.79 Å². The van der Waals surface area contributed by atoms with Crippen LogP contribution in [0.5, 0.6) is 0 Å². The monoisotopic (exact) mass is 320 g/mol. The van der Waals surface area contributed by atoms with E-state index >= 15 is 0 Å². The van der Waals surface area contributed by atoms with E-state index in [1.807, 2.05) is 4.90 Å². The summed E-state index contributed by atoms with van der Waals surface area (Å²) >= 11 is 0. The second-order valence-corrected chi connectivity index (χ2v) is 6.25. The maximum Gasteiger partial charge on any atom is 0.357 e. The van der Waals surface area contributed by atoms with Gasteiger partial charge in [0.25, 0.3) is 6.01 Å². The average molecular weight is 320 g/mol. The SMILES string of the molecule is CC(C)Cc1noc(C2CCCN(c3nc(C(=O)O)co3)C2)n1. The van der Waals surface area contributed by atoms with E-state index < -0.39 is 5.97 Å². The third kappa shape index (κ3) is 3.52. The maximum atomic E-state index is 10.9. The first-order valence-corrected chi connectivity index (χ1v) is 7.79. The lowest BCUT2D eigenvalue weighted by Crippen LogP contribution is -2.34. The van der Waals surface area contributed by atoms with Gasteiger partial charge in [0.1, 0.15) is 6.26 Å². The molecule has 2 aromatic rings. The van der Waals surface area contributed by atoms with Crippen LogP contribution in [0.4, 0.5) is 6.01 Å². The fraction of sp³-hybridized carbons (Fsp3) is 0.600. The van der Waals surface area contributed by atoms with Crippen molar-refractivity contribution in [1.82, 2.24) is 15.1 Å². The Morgan fingerprint density at radius 1 is 1.48 bits per heavy atom. The molecule has 1 unspecified atom stereocenters. The number of piperidine rings is 1. The summed E-state index contributed by atoms with van der Waals surface area (Å²) in [5, 5.41) is 13.0. The summed E-state index contributed by atoms with van der Waals surface area (Å²) in [6, 6.07) is 0.328. The number of carboxylic acids is 1. The Kier molecular flexibility index (Phi) is 4.31. The number of anilines is 1. The number of aromatic carboxylic acids is 1. The van der Waals surface area contributed by atoms with Crippen molar-refractivity contribution in [1.29, 1.82) is 0 Å². The Morgan fingerprint density at radius 3 is 3.00 bits per heavy atom. The number of aromatic nitrogens is 3. The van der Waals surface area contributed by atoms with Crippen LogP contribution in [0.25, 0.3) is 0 Å². The standard InChI is InChI=1S/C15H20N4O4/c1-9(2)6-12-17-13(23-18-12)10-4-3-5-19(7-10)15-16-11(8-22-15)14(20)21/h8-10H,3-7H2,1-2H3,(H,20,21).